The number of halogens is 1. The van der Waals surface area contributed by atoms with E-state index in [1.807, 2.05) is 31.2 Å². The van der Waals surface area contributed by atoms with Gasteiger partial charge in [-0.2, -0.15) is 0 Å². The van der Waals surface area contributed by atoms with Crippen molar-refractivity contribution in [3.05, 3.63) is 53.6 Å². The van der Waals surface area contributed by atoms with Gasteiger partial charge in [-0.1, -0.05) is 18.2 Å². The molecule has 0 saturated heterocycles. The Labute approximate surface area is 148 Å². The molecular weight excluding hydrogens is 330 g/mol. The lowest BCUT2D eigenvalue weighted by atomic mass is 10.1. The highest BCUT2D eigenvalue weighted by Gasteiger charge is 2.12. The second-order valence-corrected chi connectivity index (χ2v) is 5.63. The second kappa shape index (κ2) is 9.37. The van der Waals surface area contributed by atoms with Crippen LogP contribution in [0.1, 0.15) is 24.2 Å². The zero-order chi connectivity index (χ0) is 16.8. The number of benzene rings is 2. The largest absolute Gasteiger partial charge is 0.504 e. The molecule has 2 aromatic carbocycles. The van der Waals surface area contributed by atoms with E-state index in [0.717, 1.165) is 17.7 Å². The lowest BCUT2D eigenvalue weighted by Crippen LogP contribution is -2.32. The van der Waals surface area contributed by atoms with E-state index in [-0.39, 0.29) is 29.9 Å². The minimum atomic E-state index is -0.755. The highest BCUT2D eigenvalue weighted by Crippen LogP contribution is 2.27. The third-order valence-electron chi connectivity index (χ3n) is 3.72. The number of methoxy groups -OCH3 is 1. The van der Waals surface area contributed by atoms with Gasteiger partial charge in [0.25, 0.3) is 0 Å². The van der Waals surface area contributed by atoms with Crippen LogP contribution >= 0.6 is 12.4 Å². The van der Waals surface area contributed by atoms with E-state index in [9.17, 15) is 15.3 Å². The highest BCUT2D eigenvalue weighted by atomic mass is 35.5. The van der Waals surface area contributed by atoms with Crippen molar-refractivity contribution in [3.63, 3.8) is 0 Å². The summed E-state index contributed by atoms with van der Waals surface area (Å²) in [7, 11) is 1.64. The summed E-state index contributed by atoms with van der Waals surface area (Å²) in [6.07, 6.45) is 0.0550. The van der Waals surface area contributed by atoms with Crippen LogP contribution in [0.4, 0.5) is 0 Å². The summed E-state index contributed by atoms with van der Waals surface area (Å²) < 4.78 is 5.21. The number of nitrogens with one attached hydrogen (secondary N) is 1. The number of hydrogen-bond donors (Lipinski definition) is 4. The average Bonchev–Trinajstić information content (AvgIpc) is 2.55. The van der Waals surface area contributed by atoms with Crippen molar-refractivity contribution in [3.8, 4) is 17.2 Å². The van der Waals surface area contributed by atoms with Crippen LogP contribution in [0.3, 0.4) is 0 Å². The first-order chi connectivity index (χ1) is 11.0. The van der Waals surface area contributed by atoms with Gasteiger partial charge in [-0.25, -0.2) is 0 Å². The van der Waals surface area contributed by atoms with Gasteiger partial charge in [0.2, 0.25) is 0 Å². The molecule has 2 atom stereocenters. The van der Waals surface area contributed by atoms with Crippen LogP contribution in [0.15, 0.2) is 42.5 Å². The Bertz CT molecular complexity index is 651. The van der Waals surface area contributed by atoms with Gasteiger partial charge in [-0.05, 0) is 48.7 Å². The van der Waals surface area contributed by atoms with Crippen molar-refractivity contribution < 1.29 is 20.1 Å². The van der Waals surface area contributed by atoms with Crippen LogP contribution < -0.4 is 10.1 Å². The number of aliphatic hydroxyl groups is 1. The summed E-state index contributed by atoms with van der Waals surface area (Å²) in [5.74, 6) is 0.403. The molecule has 0 aliphatic heterocycles. The molecule has 0 heterocycles. The van der Waals surface area contributed by atoms with E-state index in [1.54, 1.807) is 13.2 Å². The van der Waals surface area contributed by atoms with Gasteiger partial charge < -0.3 is 25.4 Å². The maximum Gasteiger partial charge on any atom is 0.157 e. The van der Waals surface area contributed by atoms with Crippen LogP contribution in [0.25, 0.3) is 0 Å². The van der Waals surface area contributed by atoms with Crippen LogP contribution in [0, 0.1) is 0 Å². The second-order valence-electron chi connectivity index (χ2n) is 5.63. The SMILES string of the molecule is COc1cccc(CC(C)NCC(O)c2ccc(O)c(O)c2)c1.Cl. The number of phenols is 2. The molecule has 0 radical (unpaired) electrons. The third kappa shape index (κ3) is 5.60. The number of phenolic OH excluding ortho intramolecular Hbond substituents is 2. The third-order valence-corrected chi connectivity index (χ3v) is 3.72. The fourth-order valence-electron chi connectivity index (χ4n) is 2.40. The van der Waals surface area contributed by atoms with Crippen molar-refractivity contribution in [2.75, 3.05) is 13.7 Å². The molecule has 132 valence electrons. The molecule has 4 N–H and O–H groups in total. The Balaban J connectivity index is 0.00000288. The molecule has 0 aliphatic carbocycles. The maximum atomic E-state index is 10.2. The Hall–Kier alpha value is -1.95. The molecule has 2 aromatic rings. The van der Waals surface area contributed by atoms with E-state index >= 15 is 0 Å². The molecule has 0 spiro atoms. The highest BCUT2D eigenvalue weighted by molar-refractivity contribution is 5.85. The van der Waals surface area contributed by atoms with Crippen molar-refractivity contribution in [2.45, 2.75) is 25.5 Å². The molecule has 0 aliphatic rings. The molecule has 24 heavy (non-hydrogen) atoms. The van der Waals surface area contributed by atoms with Crippen molar-refractivity contribution in [1.29, 1.82) is 0 Å². The minimum Gasteiger partial charge on any atom is -0.504 e. The van der Waals surface area contributed by atoms with Crippen molar-refractivity contribution in [1.82, 2.24) is 5.32 Å². The number of aliphatic hydroxyl groups excluding tert-OH is 1. The summed E-state index contributed by atoms with van der Waals surface area (Å²) in [6, 6.07) is 12.4. The first-order valence-electron chi connectivity index (χ1n) is 7.56. The Morgan fingerprint density at radius 2 is 1.83 bits per heavy atom. The van der Waals surface area contributed by atoms with Gasteiger partial charge in [0, 0.05) is 12.6 Å². The first-order valence-corrected chi connectivity index (χ1v) is 7.56. The summed E-state index contributed by atoms with van der Waals surface area (Å²) in [6.45, 7) is 2.40. The maximum absolute atomic E-state index is 10.2. The minimum absolute atomic E-state index is 0. The molecule has 6 heteroatoms. The van der Waals surface area contributed by atoms with E-state index in [1.165, 1.54) is 12.1 Å². The summed E-state index contributed by atoms with van der Waals surface area (Å²) >= 11 is 0. The molecule has 0 amide bonds. The van der Waals surface area contributed by atoms with E-state index in [0.29, 0.717) is 12.1 Å². The van der Waals surface area contributed by atoms with Gasteiger partial charge in [0.1, 0.15) is 5.75 Å². The predicted octanol–water partition coefficient (Wildman–Crippen LogP) is 2.78. The fourth-order valence-corrected chi connectivity index (χ4v) is 2.40. The number of ether oxygens (including phenoxy) is 1. The monoisotopic (exact) mass is 353 g/mol. The molecule has 2 rings (SSSR count). The summed E-state index contributed by atoms with van der Waals surface area (Å²) in [5, 5.41) is 32.2. The molecule has 0 aromatic heterocycles. The molecule has 0 fully saturated rings. The summed E-state index contributed by atoms with van der Waals surface area (Å²) in [4.78, 5) is 0. The van der Waals surface area contributed by atoms with Crippen molar-refractivity contribution in [2.24, 2.45) is 0 Å². The van der Waals surface area contributed by atoms with Gasteiger partial charge in [0.15, 0.2) is 11.5 Å². The molecule has 0 bridgehead atoms. The van der Waals surface area contributed by atoms with Crippen LogP contribution in [-0.2, 0) is 6.42 Å². The van der Waals surface area contributed by atoms with Crippen molar-refractivity contribution >= 4 is 12.4 Å². The lowest BCUT2D eigenvalue weighted by molar-refractivity contribution is 0.170. The topological polar surface area (TPSA) is 82.0 Å². The van der Waals surface area contributed by atoms with E-state index in [2.05, 4.69) is 5.32 Å². The first kappa shape index (κ1) is 20.1. The molecule has 5 nitrogen and oxygen atoms in total. The van der Waals surface area contributed by atoms with E-state index in [4.69, 9.17) is 4.74 Å². The zero-order valence-electron chi connectivity index (χ0n) is 13.8. The van der Waals surface area contributed by atoms with Gasteiger partial charge in [0.05, 0.1) is 13.2 Å². The molecular formula is C18H24ClNO4. The number of rotatable bonds is 7. The summed E-state index contributed by atoms with van der Waals surface area (Å²) in [5.41, 5.74) is 1.71. The van der Waals surface area contributed by atoms with E-state index < -0.39 is 6.10 Å². The van der Waals surface area contributed by atoms with Gasteiger partial charge >= 0.3 is 0 Å². The van der Waals surface area contributed by atoms with Crippen LogP contribution in [0.2, 0.25) is 0 Å². The standard InChI is InChI=1S/C18H23NO4.ClH/c1-12(8-13-4-3-5-15(9-13)23-2)19-11-18(22)14-6-7-16(20)17(21)10-14;/h3-7,9-10,12,18-22H,8,11H2,1-2H3;1H. The van der Waals surface area contributed by atoms with Gasteiger partial charge in [-0.3, -0.25) is 0 Å². The van der Waals surface area contributed by atoms with Crippen LogP contribution in [-0.4, -0.2) is 35.0 Å². The quantitative estimate of drug-likeness (QED) is 0.575. The Morgan fingerprint density at radius 3 is 2.50 bits per heavy atom. The number of aromatic hydroxyl groups is 2. The Kier molecular flexibility index (Phi) is 7.85. The lowest BCUT2D eigenvalue weighted by Gasteiger charge is -2.18. The fraction of sp³-hybridized carbons (Fsp3) is 0.333. The normalized spacial score (nSPS) is 13.0. The average molecular weight is 354 g/mol. The predicted molar refractivity (Wildman–Crippen MR) is 96.1 cm³/mol. The van der Waals surface area contributed by atoms with Crippen LogP contribution in [0.5, 0.6) is 17.2 Å². The Morgan fingerprint density at radius 1 is 1.08 bits per heavy atom. The zero-order valence-corrected chi connectivity index (χ0v) is 14.6. The van der Waals surface area contributed by atoms with Gasteiger partial charge in [-0.15, -0.1) is 12.4 Å². The number of hydrogen-bond acceptors (Lipinski definition) is 5. The molecule has 0 saturated carbocycles. The molecule has 2 unspecified atom stereocenters. The smallest absolute Gasteiger partial charge is 0.157 e.